The van der Waals surface area contributed by atoms with Crippen LogP contribution in [0, 0.1) is 6.92 Å². The Morgan fingerprint density at radius 2 is 1.95 bits per heavy atom. The second-order valence-corrected chi connectivity index (χ2v) is 10.4. The van der Waals surface area contributed by atoms with Crippen molar-refractivity contribution in [1.29, 1.82) is 0 Å². The van der Waals surface area contributed by atoms with Crippen LogP contribution in [0.5, 0.6) is 11.5 Å². The molecule has 0 saturated heterocycles. The topological polar surface area (TPSA) is 167 Å². The van der Waals surface area contributed by atoms with E-state index in [1.165, 1.54) is 36.2 Å². The number of hydrogen-bond donors (Lipinski definition) is 2. The maximum Gasteiger partial charge on any atom is 0.241 e. The van der Waals surface area contributed by atoms with Crippen LogP contribution in [-0.2, 0) is 20.5 Å². The molecule has 1 aliphatic heterocycles. The number of sulfonamides is 1. The molecule has 0 saturated carbocycles. The van der Waals surface area contributed by atoms with E-state index in [0.717, 1.165) is 5.56 Å². The van der Waals surface area contributed by atoms with Crippen LogP contribution < -0.4 is 9.46 Å². The van der Waals surface area contributed by atoms with Crippen LogP contribution in [-0.4, -0.2) is 62.6 Å². The highest BCUT2D eigenvalue weighted by atomic mass is 35.5. The lowest BCUT2D eigenvalue weighted by Crippen LogP contribution is -2.18. The maximum absolute atomic E-state index is 12.9. The Morgan fingerprint density at radius 1 is 1.18 bits per heavy atom. The molecule has 0 bridgehead atoms. The summed E-state index contributed by atoms with van der Waals surface area (Å²) in [4.78, 5) is 25.7. The molecule has 5 rings (SSSR count). The molecular weight excluding hydrogens is 560 g/mol. The average molecular weight is 581 g/mol. The number of nitrogens with zero attached hydrogens (tertiary/aromatic N) is 7. The predicted molar refractivity (Wildman–Crippen MR) is 147 cm³/mol. The fourth-order valence-electron chi connectivity index (χ4n) is 3.72. The van der Waals surface area contributed by atoms with Crippen molar-refractivity contribution in [2.45, 2.75) is 19.6 Å². The molecule has 15 heteroatoms. The summed E-state index contributed by atoms with van der Waals surface area (Å²) in [5.74, 6) is -0.223. The summed E-state index contributed by atoms with van der Waals surface area (Å²) >= 11 is 6.34. The van der Waals surface area contributed by atoms with E-state index in [4.69, 9.17) is 21.1 Å². The molecule has 0 aliphatic carbocycles. The second kappa shape index (κ2) is 10.8. The molecule has 204 valence electrons. The van der Waals surface area contributed by atoms with Gasteiger partial charge in [-0.25, -0.2) is 38.3 Å². The molecule has 0 unspecified atom stereocenters. The normalized spacial score (nSPS) is 12.8. The molecule has 0 atom stereocenters. The largest absolute Gasteiger partial charge is 0.506 e. The monoisotopic (exact) mass is 580 g/mol. The Morgan fingerprint density at radius 3 is 2.67 bits per heavy atom. The number of aliphatic imine (C=N–C) groups is 1. The lowest BCUT2D eigenvalue weighted by atomic mass is 10.2. The lowest BCUT2D eigenvalue weighted by Gasteiger charge is -2.15. The summed E-state index contributed by atoms with van der Waals surface area (Å²) in [6, 6.07) is 4.67. The van der Waals surface area contributed by atoms with E-state index in [-0.39, 0.29) is 62.7 Å². The van der Waals surface area contributed by atoms with Gasteiger partial charge in [-0.1, -0.05) is 23.4 Å². The molecule has 1 aromatic carbocycles. The smallest absolute Gasteiger partial charge is 0.241 e. The van der Waals surface area contributed by atoms with Gasteiger partial charge in [0.1, 0.15) is 28.8 Å². The Labute approximate surface area is 233 Å². The van der Waals surface area contributed by atoms with Gasteiger partial charge in [-0.3, -0.25) is 9.29 Å². The van der Waals surface area contributed by atoms with Gasteiger partial charge in [0.15, 0.2) is 33.8 Å². The Bertz CT molecular complexity index is 1870. The number of phenols is 1. The van der Waals surface area contributed by atoms with E-state index < -0.39 is 15.8 Å². The van der Waals surface area contributed by atoms with Crippen LogP contribution in [0.3, 0.4) is 0 Å². The molecule has 0 amide bonds. The van der Waals surface area contributed by atoms with Crippen molar-refractivity contribution in [1.82, 2.24) is 29.5 Å². The van der Waals surface area contributed by atoms with Crippen LogP contribution >= 0.6 is 11.6 Å². The van der Waals surface area contributed by atoms with Crippen LogP contribution in [0.2, 0.25) is 5.15 Å². The second-order valence-electron chi connectivity index (χ2n) is 8.29. The van der Waals surface area contributed by atoms with Crippen LogP contribution in [0.15, 0.2) is 53.1 Å². The molecule has 3 aromatic heterocycles. The molecule has 1 aliphatic rings. The van der Waals surface area contributed by atoms with Crippen molar-refractivity contribution in [3.8, 4) is 17.2 Å². The molecule has 0 fully saturated rings. The number of aryl methyl sites for hydroxylation is 1. The molecule has 0 radical (unpaired) electrons. The minimum Gasteiger partial charge on any atom is -0.506 e. The standard InChI is InChI=1S/C25H21ClN8O5S/c1-4-39-19-10-5-7-15(29-19)24-32-23-25(34(24)20-16(35)8-6-9-17(20)38-3)31-22(21(26)30-23)33-40(36,37)13-18-27-11-14(2)12-28-18/h6,8-12,35H,4,13H2,1-3H3,(H,31,33). The summed E-state index contributed by atoms with van der Waals surface area (Å²) in [6.45, 7) is 3.96. The number of imidazole rings is 1. The molecule has 13 nitrogen and oxygen atoms in total. The minimum absolute atomic E-state index is 0.0344. The molecule has 2 N–H and O–H groups in total. The van der Waals surface area contributed by atoms with Gasteiger partial charge in [0, 0.05) is 12.4 Å². The zero-order valence-corrected chi connectivity index (χ0v) is 22.9. The predicted octanol–water partition coefficient (Wildman–Crippen LogP) is 3.32. The Balaban J connectivity index is 1.69. The summed E-state index contributed by atoms with van der Waals surface area (Å²) < 4.78 is 40.6. The first-order valence-electron chi connectivity index (χ1n) is 11.7. The number of methoxy groups -OCH3 is 1. The number of aromatic hydroxyl groups is 1. The number of benzene rings is 1. The summed E-state index contributed by atoms with van der Waals surface area (Å²) in [7, 11) is -2.62. The number of nitrogens with one attached hydrogen (secondary N) is 1. The van der Waals surface area contributed by atoms with Crippen LogP contribution in [0.25, 0.3) is 22.7 Å². The van der Waals surface area contributed by atoms with Crippen molar-refractivity contribution < 1.29 is 23.0 Å². The van der Waals surface area contributed by atoms with E-state index >= 15 is 0 Å². The van der Waals surface area contributed by atoms with Crippen molar-refractivity contribution in [2.24, 2.45) is 4.99 Å². The van der Waals surface area contributed by atoms with Gasteiger partial charge >= 0.3 is 0 Å². The first kappa shape index (κ1) is 26.9. The van der Waals surface area contributed by atoms with Crippen LogP contribution in [0.1, 0.15) is 24.1 Å². The van der Waals surface area contributed by atoms with E-state index in [2.05, 4.69) is 46.1 Å². The van der Waals surface area contributed by atoms with Crippen LogP contribution in [0.4, 0.5) is 5.82 Å². The average Bonchev–Trinajstić information content (AvgIpc) is 3.27. The Hall–Kier alpha value is -4.74. The number of para-hydroxylation sites is 1. The van der Waals surface area contributed by atoms with Crippen molar-refractivity contribution >= 4 is 50.3 Å². The minimum atomic E-state index is -4.05. The third-order valence-electron chi connectivity index (χ3n) is 5.39. The summed E-state index contributed by atoms with van der Waals surface area (Å²) in [5.41, 5.74) is 6.90. The van der Waals surface area contributed by atoms with Crippen molar-refractivity contribution in [3.63, 3.8) is 0 Å². The third kappa shape index (κ3) is 5.37. The van der Waals surface area contributed by atoms with Gasteiger partial charge in [-0.2, -0.15) is 0 Å². The lowest BCUT2D eigenvalue weighted by molar-refractivity contribution is 0.330. The van der Waals surface area contributed by atoms with Crippen molar-refractivity contribution in [2.75, 3.05) is 18.4 Å². The highest BCUT2D eigenvalue weighted by molar-refractivity contribution is 7.91. The van der Waals surface area contributed by atoms with Gasteiger partial charge in [0.2, 0.25) is 15.9 Å². The first-order valence-corrected chi connectivity index (χ1v) is 13.8. The van der Waals surface area contributed by atoms with E-state index in [1.54, 1.807) is 19.1 Å². The SMILES string of the molecule is CCOC1=NC(c2nc3nc(Cl)c(NS(=O)(=O)Cc4ncc(C)cn4)nc3n2-c2c(O)cccc2OC)=C=C=C1. The van der Waals surface area contributed by atoms with E-state index in [9.17, 15) is 13.5 Å². The quantitative estimate of drug-likeness (QED) is 0.295. The number of anilines is 1. The zero-order chi connectivity index (χ0) is 28.4. The number of hydrogen-bond acceptors (Lipinski definition) is 11. The first-order chi connectivity index (χ1) is 19.2. The number of phenolic OH excluding ortho intramolecular Hbond substituents is 1. The highest BCUT2D eigenvalue weighted by Crippen LogP contribution is 2.37. The fourth-order valence-corrected chi connectivity index (χ4v) is 4.94. The number of ether oxygens (including phenoxy) is 2. The highest BCUT2D eigenvalue weighted by Gasteiger charge is 2.26. The number of rotatable bonds is 8. The zero-order valence-electron chi connectivity index (χ0n) is 21.4. The number of aromatic nitrogens is 6. The summed E-state index contributed by atoms with van der Waals surface area (Å²) in [5, 5.41) is 10.6. The van der Waals surface area contributed by atoms with Gasteiger partial charge in [0.05, 0.1) is 19.8 Å². The van der Waals surface area contributed by atoms with Gasteiger partial charge in [-0.15, -0.1) is 0 Å². The van der Waals surface area contributed by atoms with Crippen molar-refractivity contribution in [3.05, 3.63) is 70.5 Å². The molecule has 4 aromatic rings. The molecule has 0 spiro atoms. The summed E-state index contributed by atoms with van der Waals surface area (Å²) in [6.07, 6.45) is 4.54. The number of halogens is 1. The fraction of sp³-hybridized carbons (Fsp3) is 0.200. The van der Waals surface area contributed by atoms with Gasteiger partial charge in [0.25, 0.3) is 0 Å². The third-order valence-corrected chi connectivity index (χ3v) is 6.80. The van der Waals surface area contributed by atoms with E-state index in [0.29, 0.717) is 6.61 Å². The molecular formula is C25H21ClN8O5S. The van der Waals surface area contributed by atoms with Gasteiger partial charge < -0.3 is 14.6 Å². The number of fused-ring (bicyclic) bond motifs is 1. The van der Waals surface area contributed by atoms with E-state index in [1.807, 2.05) is 6.92 Å². The molecule has 4 heterocycles. The maximum atomic E-state index is 12.9. The Kier molecular flexibility index (Phi) is 7.24. The molecule has 40 heavy (non-hydrogen) atoms. The van der Waals surface area contributed by atoms with Gasteiger partial charge in [-0.05, 0) is 37.3 Å².